The molecule has 0 saturated carbocycles. The Bertz CT molecular complexity index is 388. The molecule has 0 amide bonds. The Labute approximate surface area is 123 Å². The first-order valence-electron chi connectivity index (χ1n) is 7.82. The Balaban J connectivity index is 1.81. The van der Waals surface area contributed by atoms with Crippen LogP contribution in [0.2, 0.25) is 0 Å². The van der Waals surface area contributed by atoms with Crippen LogP contribution in [0.3, 0.4) is 0 Å². The Kier molecular flexibility index (Phi) is 6.51. The molecule has 2 rings (SSSR count). The zero-order chi connectivity index (χ0) is 14.2. The molecule has 1 aromatic carbocycles. The molecule has 3 heteroatoms. The van der Waals surface area contributed by atoms with Gasteiger partial charge in [0.05, 0.1) is 6.61 Å². The summed E-state index contributed by atoms with van der Waals surface area (Å²) in [6.45, 7) is 8.17. The van der Waals surface area contributed by atoms with Gasteiger partial charge < -0.3 is 15.0 Å². The van der Waals surface area contributed by atoms with Gasteiger partial charge in [0.15, 0.2) is 0 Å². The van der Waals surface area contributed by atoms with E-state index in [2.05, 4.69) is 48.5 Å². The maximum Gasteiger partial charge on any atom is 0.0506 e. The van der Waals surface area contributed by atoms with Gasteiger partial charge in [0.2, 0.25) is 0 Å². The van der Waals surface area contributed by atoms with Crippen LogP contribution in [0, 0.1) is 5.92 Å². The average molecular weight is 276 g/mol. The van der Waals surface area contributed by atoms with Crippen LogP contribution >= 0.6 is 0 Å². The van der Waals surface area contributed by atoms with Gasteiger partial charge in [0.1, 0.15) is 0 Å². The minimum atomic E-state index is 0.707. The van der Waals surface area contributed by atoms with Crippen LogP contribution in [0.15, 0.2) is 24.3 Å². The fourth-order valence-electron chi connectivity index (χ4n) is 2.88. The van der Waals surface area contributed by atoms with Crippen molar-refractivity contribution in [3.63, 3.8) is 0 Å². The normalized spacial score (nSPS) is 19.4. The van der Waals surface area contributed by atoms with Crippen molar-refractivity contribution in [3.8, 4) is 0 Å². The van der Waals surface area contributed by atoms with Crippen molar-refractivity contribution >= 4 is 0 Å². The lowest BCUT2D eigenvalue weighted by Gasteiger charge is -2.27. The van der Waals surface area contributed by atoms with E-state index in [1.54, 1.807) is 0 Å². The number of hydrogen-bond acceptors (Lipinski definition) is 3. The van der Waals surface area contributed by atoms with Crippen molar-refractivity contribution in [3.05, 3.63) is 35.4 Å². The zero-order valence-electron chi connectivity index (χ0n) is 12.9. The second-order valence-electron chi connectivity index (χ2n) is 5.88. The maximum absolute atomic E-state index is 5.56. The van der Waals surface area contributed by atoms with Gasteiger partial charge in [-0.05, 0) is 43.5 Å². The van der Waals surface area contributed by atoms with E-state index in [-0.39, 0.29) is 0 Å². The van der Waals surface area contributed by atoms with Crippen LogP contribution in [0.1, 0.15) is 30.9 Å². The topological polar surface area (TPSA) is 24.5 Å². The first-order chi connectivity index (χ1) is 9.78. The quantitative estimate of drug-likeness (QED) is 0.828. The molecule has 3 nitrogen and oxygen atoms in total. The Morgan fingerprint density at radius 1 is 1.35 bits per heavy atom. The molecule has 1 aliphatic rings. The summed E-state index contributed by atoms with van der Waals surface area (Å²) in [7, 11) is 2.21. The molecule has 1 aromatic rings. The second kappa shape index (κ2) is 8.40. The summed E-state index contributed by atoms with van der Waals surface area (Å²) in [5.74, 6) is 0.707. The summed E-state index contributed by atoms with van der Waals surface area (Å²) in [6, 6.07) is 8.90. The Morgan fingerprint density at radius 2 is 2.20 bits per heavy atom. The van der Waals surface area contributed by atoms with Gasteiger partial charge in [-0.25, -0.2) is 0 Å². The van der Waals surface area contributed by atoms with Gasteiger partial charge in [-0.15, -0.1) is 0 Å². The van der Waals surface area contributed by atoms with Gasteiger partial charge in [0.25, 0.3) is 0 Å². The highest BCUT2D eigenvalue weighted by atomic mass is 16.5. The van der Waals surface area contributed by atoms with E-state index in [9.17, 15) is 0 Å². The lowest BCUT2D eigenvalue weighted by molar-refractivity contribution is 0.0411. The molecule has 1 heterocycles. The van der Waals surface area contributed by atoms with Gasteiger partial charge in [-0.1, -0.05) is 31.2 Å². The maximum atomic E-state index is 5.56. The summed E-state index contributed by atoms with van der Waals surface area (Å²) in [6.07, 6.45) is 2.53. The fraction of sp³-hybridized carbons (Fsp3) is 0.647. The van der Waals surface area contributed by atoms with Crippen LogP contribution in [0.5, 0.6) is 0 Å². The van der Waals surface area contributed by atoms with Crippen molar-refractivity contribution in [1.29, 1.82) is 0 Å². The smallest absolute Gasteiger partial charge is 0.0506 e. The molecule has 0 spiro atoms. The van der Waals surface area contributed by atoms with E-state index in [4.69, 9.17) is 4.74 Å². The lowest BCUT2D eigenvalue weighted by Crippen LogP contribution is -2.30. The summed E-state index contributed by atoms with van der Waals surface area (Å²) in [4.78, 5) is 2.42. The lowest BCUT2D eigenvalue weighted by atomic mass is 10.0. The van der Waals surface area contributed by atoms with Crippen LogP contribution in [0.4, 0.5) is 0 Å². The number of rotatable bonds is 7. The Morgan fingerprint density at radius 3 is 2.95 bits per heavy atom. The van der Waals surface area contributed by atoms with Gasteiger partial charge in [0, 0.05) is 26.2 Å². The number of ether oxygens (including phenoxy) is 1. The van der Waals surface area contributed by atoms with Crippen molar-refractivity contribution in [1.82, 2.24) is 10.2 Å². The average Bonchev–Trinajstić information content (AvgIpc) is 2.46. The molecule has 1 fully saturated rings. The Hall–Kier alpha value is -0.900. The van der Waals surface area contributed by atoms with E-state index in [1.807, 2.05) is 0 Å². The van der Waals surface area contributed by atoms with E-state index in [0.29, 0.717) is 5.92 Å². The number of benzene rings is 1. The third-order valence-corrected chi connectivity index (χ3v) is 3.85. The van der Waals surface area contributed by atoms with E-state index in [0.717, 1.165) is 39.4 Å². The number of hydrogen-bond donors (Lipinski definition) is 1. The predicted molar refractivity (Wildman–Crippen MR) is 83.7 cm³/mol. The van der Waals surface area contributed by atoms with E-state index in [1.165, 1.54) is 24.0 Å². The highest BCUT2D eigenvalue weighted by Crippen LogP contribution is 2.16. The SMILES string of the molecule is CCNCc1cccc(CN(C)CC2CCCOC2)c1. The molecule has 20 heavy (non-hydrogen) atoms. The molecular weight excluding hydrogens is 248 g/mol. The molecule has 0 aromatic heterocycles. The molecule has 0 bridgehead atoms. The van der Waals surface area contributed by atoms with Crippen LogP contribution < -0.4 is 5.32 Å². The molecule has 112 valence electrons. The first-order valence-corrected chi connectivity index (χ1v) is 7.82. The standard InChI is InChI=1S/C17H28N2O/c1-3-18-11-15-6-4-7-16(10-15)12-19(2)13-17-8-5-9-20-14-17/h4,6-7,10,17-18H,3,5,8-9,11-14H2,1-2H3. The molecular formula is C17H28N2O. The molecule has 1 aliphatic heterocycles. The minimum Gasteiger partial charge on any atom is -0.381 e. The van der Waals surface area contributed by atoms with Crippen molar-refractivity contribution in [2.24, 2.45) is 5.92 Å². The van der Waals surface area contributed by atoms with Crippen LogP contribution in [-0.2, 0) is 17.8 Å². The fourth-order valence-corrected chi connectivity index (χ4v) is 2.88. The highest BCUT2D eigenvalue weighted by molar-refractivity contribution is 5.23. The molecule has 1 atom stereocenters. The third-order valence-electron chi connectivity index (χ3n) is 3.85. The van der Waals surface area contributed by atoms with E-state index >= 15 is 0 Å². The minimum absolute atomic E-state index is 0.707. The summed E-state index contributed by atoms with van der Waals surface area (Å²) in [5.41, 5.74) is 2.78. The molecule has 0 aliphatic carbocycles. The monoisotopic (exact) mass is 276 g/mol. The first kappa shape index (κ1) is 15.5. The van der Waals surface area contributed by atoms with E-state index < -0.39 is 0 Å². The van der Waals surface area contributed by atoms with Gasteiger partial charge in [-0.2, -0.15) is 0 Å². The summed E-state index contributed by atoms with van der Waals surface area (Å²) in [5, 5.41) is 3.38. The largest absolute Gasteiger partial charge is 0.381 e. The van der Waals surface area contributed by atoms with Crippen molar-refractivity contribution < 1.29 is 4.74 Å². The van der Waals surface area contributed by atoms with Crippen LogP contribution in [-0.4, -0.2) is 38.3 Å². The molecule has 0 radical (unpaired) electrons. The van der Waals surface area contributed by atoms with Crippen molar-refractivity contribution in [2.75, 3.05) is 33.4 Å². The molecule has 1 N–H and O–H groups in total. The number of nitrogens with one attached hydrogen (secondary N) is 1. The highest BCUT2D eigenvalue weighted by Gasteiger charge is 2.15. The van der Waals surface area contributed by atoms with Crippen LogP contribution in [0.25, 0.3) is 0 Å². The van der Waals surface area contributed by atoms with Gasteiger partial charge in [-0.3, -0.25) is 0 Å². The molecule has 1 unspecified atom stereocenters. The van der Waals surface area contributed by atoms with Gasteiger partial charge >= 0.3 is 0 Å². The third kappa shape index (κ3) is 5.23. The number of nitrogens with zero attached hydrogens (tertiary/aromatic N) is 1. The predicted octanol–water partition coefficient (Wildman–Crippen LogP) is 2.65. The second-order valence-corrected chi connectivity index (χ2v) is 5.88. The summed E-state index contributed by atoms with van der Waals surface area (Å²) < 4.78 is 5.56. The van der Waals surface area contributed by atoms with Crippen molar-refractivity contribution in [2.45, 2.75) is 32.9 Å². The zero-order valence-corrected chi connectivity index (χ0v) is 12.9. The molecule has 1 saturated heterocycles. The summed E-state index contributed by atoms with van der Waals surface area (Å²) >= 11 is 0.